The third kappa shape index (κ3) is 3.13. The number of anilines is 1. The highest BCUT2D eigenvalue weighted by Crippen LogP contribution is 2.31. The molecule has 2 aromatic heterocycles. The fraction of sp³-hybridized carbons (Fsp3) is 0.294. The molecule has 1 aliphatic rings. The summed E-state index contributed by atoms with van der Waals surface area (Å²) in [6.07, 6.45) is 6.66. The molecule has 0 radical (unpaired) electrons. The van der Waals surface area contributed by atoms with E-state index in [0.717, 1.165) is 34.2 Å². The molecule has 3 heterocycles. The van der Waals surface area contributed by atoms with Gasteiger partial charge in [-0.3, -0.25) is 4.79 Å². The highest BCUT2D eigenvalue weighted by molar-refractivity contribution is 7.19. The molecule has 3 aromatic rings. The van der Waals surface area contributed by atoms with Gasteiger partial charge in [-0.25, -0.2) is 15.0 Å². The Morgan fingerprint density at radius 2 is 2.08 bits per heavy atom. The van der Waals surface area contributed by atoms with Gasteiger partial charge in [-0.2, -0.15) is 0 Å². The molecule has 1 N–H and O–H groups in total. The van der Waals surface area contributed by atoms with Gasteiger partial charge >= 0.3 is 0 Å². The molecule has 0 atom stereocenters. The average molecular weight is 340 g/mol. The summed E-state index contributed by atoms with van der Waals surface area (Å²) in [6, 6.07) is 6.02. The molecule has 122 valence electrons. The van der Waals surface area contributed by atoms with E-state index < -0.39 is 0 Å². The highest BCUT2D eigenvalue weighted by Gasteiger charge is 2.22. The van der Waals surface area contributed by atoms with E-state index in [4.69, 9.17) is 4.74 Å². The molecule has 6 nitrogen and oxygen atoms in total. The van der Waals surface area contributed by atoms with Crippen LogP contribution in [0.3, 0.4) is 0 Å². The van der Waals surface area contributed by atoms with E-state index in [2.05, 4.69) is 20.3 Å². The van der Waals surface area contributed by atoms with Crippen molar-refractivity contribution in [1.29, 1.82) is 0 Å². The Bertz CT molecular complexity index is 874. The van der Waals surface area contributed by atoms with Crippen molar-refractivity contribution >= 4 is 33.3 Å². The fourth-order valence-corrected chi connectivity index (χ4v) is 3.58. The SMILES string of the molecule is O=C(Nc1ncc(-c2ccc3cncnc3c2)s1)C1CCOCC1. The molecule has 0 saturated carbocycles. The fourth-order valence-electron chi connectivity index (χ4n) is 2.76. The summed E-state index contributed by atoms with van der Waals surface area (Å²) in [7, 11) is 0. The smallest absolute Gasteiger partial charge is 0.229 e. The number of rotatable bonds is 3. The second kappa shape index (κ2) is 6.62. The van der Waals surface area contributed by atoms with E-state index in [1.165, 1.54) is 11.3 Å². The minimum Gasteiger partial charge on any atom is -0.381 e. The predicted molar refractivity (Wildman–Crippen MR) is 92.8 cm³/mol. The molecular formula is C17H16N4O2S. The summed E-state index contributed by atoms with van der Waals surface area (Å²) in [4.78, 5) is 25.9. The molecule has 1 fully saturated rings. The van der Waals surface area contributed by atoms with Crippen molar-refractivity contribution in [3.8, 4) is 10.4 Å². The standard InChI is InChI=1S/C17H16N4O2S/c22-16(11-3-5-23-6-4-11)21-17-19-9-15(24-17)12-1-2-13-8-18-10-20-14(13)7-12/h1-2,7-11H,3-6H2,(H,19,21,22). The van der Waals surface area contributed by atoms with E-state index in [-0.39, 0.29) is 11.8 Å². The lowest BCUT2D eigenvalue weighted by atomic mass is 10.00. The van der Waals surface area contributed by atoms with E-state index >= 15 is 0 Å². The number of nitrogens with zero attached hydrogens (tertiary/aromatic N) is 3. The summed E-state index contributed by atoms with van der Waals surface area (Å²) >= 11 is 1.47. The van der Waals surface area contributed by atoms with Crippen molar-refractivity contribution in [2.24, 2.45) is 5.92 Å². The van der Waals surface area contributed by atoms with Gasteiger partial charge in [0.05, 0.1) is 10.4 Å². The molecule has 24 heavy (non-hydrogen) atoms. The Morgan fingerprint density at radius 1 is 1.21 bits per heavy atom. The zero-order valence-electron chi connectivity index (χ0n) is 12.9. The first-order chi connectivity index (χ1) is 11.8. The quantitative estimate of drug-likeness (QED) is 0.793. The lowest BCUT2D eigenvalue weighted by molar-refractivity contribution is -0.122. The summed E-state index contributed by atoms with van der Waals surface area (Å²) in [5, 5.41) is 4.55. The van der Waals surface area contributed by atoms with Crippen LogP contribution in [0.2, 0.25) is 0 Å². The van der Waals surface area contributed by atoms with Crippen LogP contribution >= 0.6 is 11.3 Å². The van der Waals surface area contributed by atoms with Gasteiger partial charge in [-0.05, 0) is 24.5 Å². The molecule has 1 aliphatic heterocycles. The first-order valence-electron chi connectivity index (χ1n) is 7.84. The molecule has 7 heteroatoms. The van der Waals surface area contributed by atoms with Crippen molar-refractivity contribution in [1.82, 2.24) is 15.0 Å². The lowest BCUT2D eigenvalue weighted by Gasteiger charge is -2.20. The number of carbonyl (C=O) groups excluding carboxylic acids is 1. The van der Waals surface area contributed by atoms with Gasteiger partial charge in [0.25, 0.3) is 0 Å². The zero-order chi connectivity index (χ0) is 16.4. The van der Waals surface area contributed by atoms with Crippen molar-refractivity contribution < 1.29 is 9.53 Å². The topological polar surface area (TPSA) is 77.0 Å². The summed E-state index contributed by atoms with van der Waals surface area (Å²) in [6.45, 7) is 1.31. The number of ether oxygens (including phenoxy) is 1. The Hall–Kier alpha value is -2.38. The van der Waals surface area contributed by atoms with E-state index in [1.54, 1.807) is 18.7 Å². The maximum absolute atomic E-state index is 12.3. The van der Waals surface area contributed by atoms with Crippen molar-refractivity contribution in [3.63, 3.8) is 0 Å². The minimum atomic E-state index is 0.0171. The number of amides is 1. The second-order valence-electron chi connectivity index (χ2n) is 5.70. The number of thiazole rings is 1. The number of hydrogen-bond acceptors (Lipinski definition) is 6. The number of hydrogen-bond donors (Lipinski definition) is 1. The van der Waals surface area contributed by atoms with Gasteiger partial charge in [0, 0.05) is 36.9 Å². The van der Waals surface area contributed by atoms with Crippen LogP contribution in [0.25, 0.3) is 21.3 Å². The second-order valence-corrected chi connectivity index (χ2v) is 6.73. The first-order valence-corrected chi connectivity index (χ1v) is 8.66. The third-order valence-corrected chi connectivity index (χ3v) is 5.08. The van der Waals surface area contributed by atoms with Crippen LogP contribution in [0.4, 0.5) is 5.13 Å². The number of aromatic nitrogens is 3. The number of carbonyl (C=O) groups is 1. The Kier molecular flexibility index (Phi) is 4.18. The van der Waals surface area contributed by atoms with Gasteiger partial charge in [-0.15, -0.1) is 0 Å². The van der Waals surface area contributed by atoms with Gasteiger partial charge < -0.3 is 10.1 Å². The van der Waals surface area contributed by atoms with Crippen molar-refractivity contribution in [2.45, 2.75) is 12.8 Å². The monoisotopic (exact) mass is 340 g/mol. The molecular weight excluding hydrogens is 324 g/mol. The van der Waals surface area contributed by atoms with Gasteiger partial charge in [-0.1, -0.05) is 23.5 Å². The van der Waals surface area contributed by atoms with Crippen LogP contribution in [0.15, 0.2) is 36.9 Å². The number of nitrogens with one attached hydrogen (secondary N) is 1. The zero-order valence-corrected chi connectivity index (χ0v) is 13.8. The maximum atomic E-state index is 12.3. The molecule has 0 spiro atoms. The first kappa shape index (κ1) is 15.2. The van der Waals surface area contributed by atoms with E-state index in [0.29, 0.717) is 18.3 Å². The highest BCUT2D eigenvalue weighted by atomic mass is 32.1. The molecule has 0 unspecified atom stereocenters. The molecule has 1 aromatic carbocycles. The number of benzene rings is 1. The summed E-state index contributed by atoms with van der Waals surface area (Å²) in [5.74, 6) is 0.0499. The van der Waals surface area contributed by atoms with E-state index in [1.807, 2.05) is 18.2 Å². The summed E-state index contributed by atoms with van der Waals surface area (Å²) < 4.78 is 5.29. The maximum Gasteiger partial charge on any atom is 0.229 e. The largest absolute Gasteiger partial charge is 0.381 e. The van der Waals surface area contributed by atoms with Crippen LogP contribution in [0.5, 0.6) is 0 Å². The minimum absolute atomic E-state index is 0.0171. The van der Waals surface area contributed by atoms with Crippen LogP contribution in [-0.4, -0.2) is 34.1 Å². The Morgan fingerprint density at radius 3 is 2.96 bits per heavy atom. The molecule has 1 saturated heterocycles. The van der Waals surface area contributed by atoms with Gasteiger partial charge in [0.15, 0.2) is 5.13 Å². The predicted octanol–water partition coefficient (Wildman–Crippen LogP) is 3.12. The molecule has 4 rings (SSSR count). The van der Waals surface area contributed by atoms with Crippen LogP contribution in [0, 0.1) is 5.92 Å². The number of fused-ring (bicyclic) bond motifs is 1. The average Bonchev–Trinajstić information content (AvgIpc) is 3.10. The van der Waals surface area contributed by atoms with Crippen molar-refractivity contribution in [2.75, 3.05) is 18.5 Å². The third-order valence-electron chi connectivity index (χ3n) is 4.12. The molecule has 0 aliphatic carbocycles. The molecule has 0 bridgehead atoms. The normalized spacial score (nSPS) is 15.5. The van der Waals surface area contributed by atoms with Gasteiger partial charge in [0.1, 0.15) is 6.33 Å². The Labute approximate surface area is 142 Å². The Balaban J connectivity index is 1.52. The lowest BCUT2D eigenvalue weighted by Crippen LogP contribution is -2.28. The summed E-state index contributed by atoms with van der Waals surface area (Å²) in [5.41, 5.74) is 1.92. The van der Waals surface area contributed by atoms with Crippen LogP contribution < -0.4 is 5.32 Å². The van der Waals surface area contributed by atoms with Crippen LogP contribution in [0.1, 0.15) is 12.8 Å². The van der Waals surface area contributed by atoms with Gasteiger partial charge in [0.2, 0.25) is 5.91 Å². The molecule has 1 amide bonds. The van der Waals surface area contributed by atoms with E-state index in [9.17, 15) is 4.79 Å². The van der Waals surface area contributed by atoms with Crippen molar-refractivity contribution in [3.05, 3.63) is 36.9 Å². The van der Waals surface area contributed by atoms with Crippen LogP contribution in [-0.2, 0) is 9.53 Å².